The number of ether oxygens (including phenoxy) is 1. The summed E-state index contributed by atoms with van der Waals surface area (Å²) < 4.78 is 31.3. The molecule has 2 fully saturated rings. The second-order valence-electron chi connectivity index (χ2n) is 9.17. The number of aromatic nitrogens is 3. The first-order chi connectivity index (χ1) is 16.9. The summed E-state index contributed by atoms with van der Waals surface area (Å²) in [5.41, 5.74) is 0.942. The standard InChI is InChI=1S/C24H35N5O4S2/c1-3-28(20-12-13-35(31,32)17-20)23(30)16-34-24-27-26-22(29(24)19-9-5-4-6-10-19)15-25-18-8-7-11-21(14-18)33-2/h7-8,11,14,19-20,25H,3-6,9-10,12-13,15-17H2,1-2H3/t20-/m0/s1. The summed E-state index contributed by atoms with van der Waals surface area (Å²) in [6.07, 6.45) is 6.26. The second-order valence-corrected chi connectivity index (χ2v) is 12.3. The van der Waals surface area contributed by atoms with Gasteiger partial charge in [-0.25, -0.2) is 8.42 Å². The Morgan fingerprint density at radius 3 is 2.71 bits per heavy atom. The van der Waals surface area contributed by atoms with Gasteiger partial charge in [-0.15, -0.1) is 10.2 Å². The van der Waals surface area contributed by atoms with Crippen LogP contribution in [0.5, 0.6) is 5.75 Å². The fraction of sp³-hybridized carbons (Fsp3) is 0.625. The SMILES string of the molecule is CCN(C(=O)CSc1nnc(CNc2cccc(OC)c2)n1C1CCCCC1)[C@H]1CCS(=O)(=O)C1. The van der Waals surface area contributed by atoms with E-state index < -0.39 is 9.84 Å². The molecule has 2 aromatic rings. The Balaban J connectivity index is 1.46. The van der Waals surface area contributed by atoms with Crippen LogP contribution in [0.2, 0.25) is 0 Å². The van der Waals surface area contributed by atoms with Crippen LogP contribution in [0.15, 0.2) is 29.4 Å². The zero-order valence-corrected chi connectivity index (χ0v) is 22.1. The number of carbonyl (C=O) groups is 1. The fourth-order valence-electron chi connectivity index (χ4n) is 5.02. The lowest BCUT2D eigenvalue weighted by Gasteiger charge is -2.27. The molecule has 1 amide bonds. The molecule has 1 saturated carbocycles. The summed E-state index contributed by atoms with van der Waals surface area (Å²) >= 11 is 1.40. The van der Waals surface area contributed by atoms with Crippen molar-refractivity contribution in [1.82, 2.24) is 19.7 Å². The maximum Gasteiger partial charge on any atom is 0.233 e. The molecule has 35 heavy (non-hydrogen) atoms. The number of hydrogen-bond donors (Lipinski definition) is 1. The molecule has 1 aromatic heterocycles. The van der Waals surface area contributed by atoms with Crippen molar-refractivity contribution >= 4 is 33.2 Å². The van der Waals surface area contributed by atoms with Crippen LogP contribution in [0.4, 0.5) is 5.69 Å². The van der Waals surface area contributed by atoms with Crippen molar-refractivity contribution in [1.29, 1.82) is 0 Å². The smallest absolute Gasteiger partial charge is 0.233 e. The predicted molar refractivity (Wildman–Crippen MR) is 138 cm³/mol. The van der Waals surface area contributed by atoms with Crippen molar-refractivity contribution in [3.8, 4) is 5.75 Å². The Morgan fingerprint density at radius 2 is 2.03 bits per heavy atom. The molecule has 9 nitrogen and oxygen atoms in total. The van der Waals surface area contributed by atoms with Crippen LogP contribution in [-0.2, 0) is 21.2 Å². The van der Waals surface area contributed by atoms with E-state index in [4.69, 9.17) is 4.74 Å². The molecule has 1 aromatic carbocycles. The third-order valence-corrected chi connectivity index (χ3v) is 9.51. The van der Waals surface area contributed by atoms with Gasteiger partial charge in [0, 0.05) is 30.4 Å². The van der Waals surface area contributed by atoms with Crippen LogP contribution < -0.4 is 10.1 Å². The minimum Gasteiger partial charge on any atom is -0.497 e. The van der Waals surface area contributed by atoms with E-state index in [9.17, 15) is 13.2 Å². The van der Waals surface area contributed by atoms with Gasteiger partial charge in [-0.1, -0.05) is 37.1 Å². The normalized spacial score (nSPS) is 20.0. The number of sulfone groups is 1. The van der Waals surface area contributed by atoms with Gasteiger partial charge in [0.2, 0.25) is 5.91 Å². The first-order valence-electron chi connectivity index (χ1n) is 12.3. The number of benzene rings is 1. The highest BCUT2D eigenvalue weighted by atomic mass is 32.2. The second kappa shape index (κ2) is 11.6. The van der Waals surface area contributed by atoms with Crippen molar-refractivity contribution in [3.63, 3.8) is 0 Å². The van der Waals surface area contributed by atoms with Crippen molar-refractivity contribution in [2.24, 2.45) is 0 Å². The number of anilines is 1. The van der Waals surface area contributed by atoms with Crippen LogP contribution in [0.25, 0.3) is 0 Å². The number of methoxy groups -OCH3 is 1. The van der Waals surface area contributed by atoms with Crippen LogP contribution >= 0.6 is 11.8 Å². The Bertz CT molecular complexity index is 1110. The predicted octanol–water partition coefficient (Wildman–Crippen LogP) is 3.53. The van der Waals surface area contributed by atoms with E-state index >= 15 is 0 Å². The molecule has 1 N–H and O–H groups in total. The zero-order valence-electron chi connectivity index (χ0n) is 20.5. The molecule has 0 bridgehead atoms. The highest BCUT2D eigenvalue weighted by Gasteiger charge is 2.34. The van der Waals surface area contributed by atoms with Crippen LogP contribution in [0, 0.1) is 0 Å². The lowest BCUT2D eigenvalue weighted by Crippen LogP contribution is -2.42. The number of nitrogens with zero attached hydrogens (tertiary/aromatic N) is 4. The quantitative estimate of drug-likeness (QED) is 0.473. The Hall–Kier alpha value is -2.27. The zero-order chi connectivity index (χ0) is 24.8. The number of carbonyl (C=O) groups excluding carboxylic acids is 1. The molecular formula is C24H35N5O4S2. The summed E-state index contributed by atoms with van der Waals surface area (Å²) in [5.74, 6) is 2.04. The van der Waals surface area contributed by atoms with Crippen molar-refractivity contribution in [2.75, 3.05) is 36.2 Å². The first kappa shape index (κ1) is 25.8. The number of rotatable bonds is 10. The van der Waals surface area contributed by atoms with Gasteiger partial charge in [-0.3, -0.25) is 4.79 Å². The van der Waals surface area contributed by atoms with Gasteiger partial charge in [0.05, 0.1) is 30.9 Å². The van der Waals surface area contributed by atoms with Gasteiger partial charge in [-0.05, 0) is 38.3 Å². The Kier molecular flexibility index (Phi) is 8.59. The van der Waals surface area contributed by atoms with Gasteiger partial charge in [0.1, 0.15) is 5.75 Å². The molecular weight excluding hydrogens is 486 g/mol. The lowest BCUT2D eigenvalue weighted by atomic mass is 9.95. The average molecular weight is 522 g/mol. The van der Waals surface area contributed by atoms with Crippen LogP contribution in [-0.4, -0.2) is 70.9 Å². The molecule has 1 atom stereocenters. The van der Waals surface area contributed by atoms with E-state index in [0.29, 0.717) is 25.6 Å². The van der Waals surface area contributed by atoms with E-state index in [2.05, 4.69) is 20.1 Å². The molecule has 0 spiro atoms. The number of nitrogens with one attached hydrogen (secondary N) is 1. The molecule has 192 valence electrons. The lowest BCUT2D eigenvalue weighted by molar-refractivity contribution is -0.129. The third-order valence-electron chi connectivity index (χ3n) is 6.83. The maximum atomic E-state index is 13.0. The summed E-state index contributed by atoms with van der Waals surface area (Å²) in [7, 11) is -1.40. The molecule has 4 rings (SSSR count). The first-order valence-corrected chi connectivity index (χ1v) is 15.1. The number of thioether (sulfide) groups is 1. The molecule has 0 unspecified atom stereocenters. The van der Waals surface area contributed by atoms with E-state index in [1.807, 2.05) is 31.2 Å². The maximum absolute atomic E-state index is 13.0. The van der Waals surface area contributed by atoms with Crippen molar-refractivity contribution < 1.29 is 17.9 Å². The van der Waals surface area contributed by atoms with Gasteiger partial charge in [0.15, 0.2) is 20.8 Å². The summed E-state index contributed by atoms with van der Waals surface area (Å²) in [6.45, 7) is 2.93. The molecule has 1 aliphatic heterocycles. The van der Waals surface area contributed by atoms with Gasteiger partial charge in [0.25, 0.3) is 0 Å². The molecule has 11 heteroatoms. The van der Waals surface area contributed by atoms with Crippen LogP contribution in [0.1, 0.15) is 57.3 Å². The fourth-order valence-corrected chi connectivity index (χ4v) is 7.66. The average Bonchev–Trinajstić information content (AvgIpc) is 3.44. The molecule has 0 radical (unpaired) electrons. The Labute approximate surface area is 211 Å². The molecule has 2 aliphatic rings. The van der Waals surface area contributed by atoms with Crippen molar-refractivity contribution in [3.05, 3.63) is 30.1 Å². The number of hydrogen-bond acceptors (Lipinski definition) is 8. The minimum absolute atomic E-state index is 0.0474. The van der Waals surface area contributed by atoms with E-state index in [1.54, 1.807) is 12.0 Å². The monoisotopic (exact) mass is 521 g/mol. The summed E-state index contributed by atoms with van der Waals surface area (Å²) in [6, 6.07) is 7.87. The third kappa shape index (κ3) is 6.49. The molecule has 1 aliphatic carbocycles. The van der Waals surface area contributed by atoms with Crippen LogP contribution in [0.3, 0.4) is 0 Å². The highest BCUT2D eigenvalue weighted by molar-refractivity contribution is 7.99. The molecule has 1 saturated heterocycles. The minimum atomic E-state index is -3.04. The molecule has 2 heterocycles. The van der Waals surface area contributed by atoms with Crippen molar-refractivity contribution in [2.45, 2.75) is 69.2 Å². The Morgan fingerprint density at radius 1 is 1.23 bits per heavy atom. The summed E-state index contributed by atoms with van der Waals surface area (Å²) in [5, 5.41) is 13.1. The van der Waals surface area contributed by atoms with Gasteiger partial charge >= 0.3 is 0 Å². The van der Waals surface area contributed by atoms with Gasteiger partial charge < -0.3 is 19.5 Å². The van der Waals surface area contributed by atoms with E-state index in [-0.39, 0.29) is 29.2 Å². The topological polar surface area (TPSA) is 106 Å². The number of amides is 1. The van der Waals surface area contributed by atoms with E-state index in [0.717, 1.165) is 35.3 Å². The largest absolute Gasteiger partial charge is 0.497 e. The van der Waals surface area contributed by atoms with E-state index in [1.165, 1.54) is 31.0 Å². The highest BCUT2D eigenvalue weighted by Crippen LogP contribution is 2.33. The van der Waals surface area contributed by atoms with Gasteiger partial charge in [-0.2, -0.15) is 0 Å². The summed E-state index contributed by atoms with van der Waals surface area (Å²) in [4.78, 5) is 14.8.